The van der Waals surface area contributed by atoms with Crippen LogP contribution in [-0.2, 0) is 6.42 Å². The fourth-order valence-electron chi connectivity index (χ4n) is 1.98. The number of carbonyl (C=O) groups is 1. The Morgan fingerprint density at radius 1 is 1.45 bits per heavy atom. The lowest BCUT2D eigenvalue weighted by atomic mass is 10.3. The molecule has 3 aromatic heterocycles. The number of nitrogens with one attached hydrogen (secondary N) is 2. The van der Waals surface area contributed by atoms with Gasteiger partial charge in [0.05, 0.1) is 17.0 Å². The van der Waals surface area contributed by atoms with Crippen molar-refractivity contribution in [1.82, 2.24) is 20.2 Å². The molecule has 0 aromatic carbocycles. The summed E-state index contributed by atoms with van der Waals surface area (Å²) in [7, 11) is 0. The van der Waals surface area contributed by atoms with Crippen molar-refractivity contribution in [2.45, 2.75) is 26.7 Å². The number of aromatic amines is 1. The summed E-state index contributed by atoms with van der Waals surface area (Å²) < 4.78 is 5.22. The molecule has 2 N–H and O–H groups in total. The van der Waals surface area contributed by atoms with Gasteiger partial charge in [-0.2, -0.15) is 4.98 Å². The Morgan fingerprint density at radius 2 is 2.32 bits per heavy atom. The number of anilines is 1. The summed E-state index contributed by atoms with van der Waals surface area (Å²) in [5, 5.41) is 10.3. The van der Waals surface area contributed by atoms with Crippen molar-refractivity contribution in [3.8, 4) is 11.6 Å². The van der Waals surface area contributed by atoms with Crippen molar-refractivity contribution < 1.29 is 9.21 Å². The van der Waals surface area contributed by atoms with Gasteiger partial charge >= 0.3 is 0 Å². The molecular formula is C14H15N5O2S. The minimum Gasteiger partial charge on any atom is -0.461 e. The molecule has 0 atom stereocenters. The van der Waals surface area contributed by atoms with Crippen LogP contribution in [0.2, 0.25) is 0 Å². The number of carbonyl (C=O) groups excluding carboxylic acids is 1. The number of rotatable bonds is 5. The van der Waals surface area contributed by atoms with Crippen LogP contribution in [0.3, 0.4) is 0 Å². The molecule has 0 saturated carbocycles. The summed E-state index contributed by atoms with van der Waals surface area (Å²) in [5.41, 5.74) is 0.729. The molecule has 1 amide bonds. The first kappa shape index (κ1) is 14.5. The molecule has 3 heterocycles. The molecule has 22 heavy (non-hydrogen) atoms. The van der Waals surface area contributed by atoms with Crippen LogP contribution in [-0.4, -0.2) is 26.1 Å². The van der Waals surface area contributed by atoms with Crippen LogP contribution >= 0.6 is 11.3 Å². The minimum absolute atomic E-state index is 0.209. The molecule has 3 rings (SSSR count). The molecule has 0 bridgehead atoms. The first-order valence-corrected chi connectivity index (χ1v) is 7.73. The van der Waals surface area contributed by atoms with Crippen molar-refractivity contribution in [1.29, 1.82) is 0 Å². The van der Waals surface area contributed by atoms with Gasteiger partial charge in [0.25, 0.3) is 5.91 Å². The van der Waals surface area contributed by atoms with Crippen molar-refractivity contribution in [3.05, 3.63) is 34.0 Å². The van der Waals surface area contributed by atoms with Crippen molar-refractivity contribution >= 4 is 23.2 Å². The van der Waals surface area contributed by atoms with E-state index in [9.17, 15) is 4.79 Å². The monoisotopic (exact) mass is 317 g/mol. The third-order valence-corrected chi connectivity index (χ3v) is 4.19. The van der Waals surface area contributed by atoms with Crippen molar-refractivity contribution in [3.63, 3.8) is 0 Å². The Morgan fingerprint density at radius 3 is 3.05 bits per heavy atom. The normalized spacial score (nSPS) is 10.8. The van der Waals surface area contributed by atoms with E-state index in [-0.39, 0.29) is 11.9 Å². The highest BCUT2D eigenvalue weighted by molar-refractivity contribution is 7.13. The van der Waals surface area contributed by atoms with Gasteiger partial charge in [-0.3, -0.25) is 15.2 Å². The number of amides is 1. The standard InChI is InChI=1S/C14H15N5O2S/c1-3-5-10-15-8(2)11(22-10)13(20)17-14-16-12(18-19-14)9-6-4-7-21-9/h4,6-7H,3,5H2,1-2H3,(H2,16,17,18,19,20). The van der Waals surface area contributed by atoms with Crippen LogP contribution in [0.5, 0.6) is 0 Å². The molecule has 3 aromatic rings. The van der Waals surface area contributed by atoms with Crippen molar-refractivity contribution in [2.75, 3.05) is 5.32 Å². The number of aryl methyl sites for hydroxylation is 2. The van der Waals surface area contributed by atoms with E-state index in [4.69, 9.17) is 4.42 Å². The van der Waals surface area contributed by atoms with E-state index >= 15 is 0 Å². The molecule has 0 radical (unpaired) electrons. The lowest BCUT2D eigenvalue weighted by Gasteiger charge is -1.97. The first-order valence-electron chi connectivity index (χ1n) is 6.91. The SMILES string of the molecule is CCCc1nc(C)c(C(=O)Nc2n[nH]c(-c3ccco3)n2)s1. The Kier molecular flexibility index (Phi) is 4.01. The molecule has 8 heteroatoms. The second-order valence-electron chi connectivity index (χ2n) is 4.71. The maximum absolute atomic E-state index is 12.3. The predicted octanol–water partition coefficient (Wildman–Crippen LogP) is 3.03. The quantitative estimate of drug-likeness (QED) is 0.754. The number of thiazole rings is 1. The topological polar surface area (TPSA) is 96.7 Å². The van der Waals surface area contributed by atoms with Crippen molar-refractivity contribution in [2.24, 2.45) is 0 Å². The Hall–Kier alpha value is -2.48. The fourth-order valence-corrected chi connectivity index (χ4v) is 3.04. The van der Waals surface area contributed by atoms with Gasteiger partial charge in [0.15, 0.2) is 11.6 Å². The van der Waals surface area contributed by atoms with Gasteiger partial charge in [-0.1, -0.05) is 6.92 Å². The molecule has 0 aliphatic carbocycles. The Balaban J connectivity index is 1.74. The lowest BCUT2D eigenvalue weighted by molar-refractivity contribution is 0.102. The highest BCUT2D eigenvalue weighted by Crippen LogP contribution is 2.21. The van der Waals surface area contributed by atoms with E-state index in [0.29, 0.717) is 16.5 Å². The molecule has 114 valence electrons. The van der Waals surface area contributed by atoms with E-state index in [1.165, 1.54) is 11.3 Å². The molecule has 0 fully saturated rings. The second kappa shape index (κ2) is 6.10. The summed E-state index contributed by atoms with van der Waals surface area (Å²) in [6, 6.07) is 3.52. The summed E-state index contributed by atoms with van der Waals surface area (Å²) in [6.07, 6.45) is 3.43. The fraction of sp³-hybridized carbons (Fsp3) is 0.286. The molecule has 0 spiro atoms. The third-order valence-electron chi connectivity index (χ3n) is 2.98. The van der Waals surface area contributed by atoms with Gasteiger partial charge in [-0.05, 0) is 31.9 Å². The third kappa shape index (κ3) is 2.91. The van der Waals surface area contributed by atoms with Gasteiger partial charge in [-0.15, -0.1) is 16.4 Å². The van der Waals surface area contributed by atoms with Crippen LogP contribution in [0.1, 0.15) is 33.7 Å². The highest BCUT2D eigenvalue weighted by atomic mass is 32.1. The van der Waals surface area contributed by atoms with E-state index < -0.39 is 0 Å². The zero-order chi connectivity index (χ0) is 15.5. The summed E-state index contributed by atoms with van der Waals surface area (Å²) >= 11 is 1.41. The number of aromatic nitrogens is 4. The Bertz CT molecular complexity index is 775. The van der Waals surface area contributed by atoms with E-state index in [1.807, 2.05) is 6.92 Å². The van der Waals surface area contributed by atoms with Crippen LogP contribution in [0.4, 0.5) is 5.95 Å². The second-order valence-corrected chi connectivity index (χ2v) is 5.79. The average molecular weight is 317 g/mol. The largest absolute Gasteiger partial charge is 0.461 e. The lowest BCUT2D eigenvalue weighted by Crippen LogP contribution is -2.12. The van der Waals surface area contributed by atoms with Crippen LogP contribution < -0.4 is 5.32 Å². The van der Waals surface area contributed by atoms with Gasteiger partial charge < -0.3 is 4.42 Å². The molecule has 0 aliphatic rings. The number of H-pyrrole nitrogens is 1. The molecule has 7 nitrogen and oxygen atoms in total. The average Bonchev–Trinajstić information content (AvgIpc) is 3.19. The predicted molar refractivity (Wildman–Crippen MR) is 82.9 cm³/mol. The number of hydrogen-bond donors (Lipinski definition) is 2. The number of nitrogens with zero attached hydrogens (tertiary/aromatic N) is 3. The molecule has 0 aliphatic heterocycles. The maximum atomic E-state index is 12.3. The summed E-state index contributed by atoms with van der Waals surface area (Å²) in [6.45, 7) is 3.91. The van der Waals surface area contributed by atoms with Crippen LogP contribution in [0.25, 0.3) is 11.6 Å². The van der Waals surface area contributed by atoms with E-state index in [0.717, 1.165) is 23.5 Å². The number of hydrogen-bond acceptors (Lipinski definition) is 6. The zero-order valence-electron chi connectivity index (χ0n) is 12.2. The van der Waals surface area contributed by atoms with Crippen LogP contribution in [0.15, 0.2) is 22.8 Å². The van der Waals surface area contributed by atoms with Gasteiger partial charge in [-0.25, -0.2) is 4.98 Å². The van der Waals surface area contributed by atoms with E-state index in [1.54, 1.807) is 18.4 Å². The first-order chi connectivity index (χ1) is 10.7. The summed E-state index contributed by atoms with van der Waals surface area (Å²) in [5.74, 6) is 0.990. The van der Waals surface area contributed by atoms with Gasteiger partial charge in [0, 0.05) is 0 Å². The Labute approximate surface area is 130 Å². The smallest absolute Gasteiger partial charge is 0.270 e. The number of furan rings is 1. The molecule has 0 unspecified atom stereocenters. The molecular weight excluding hydrogens is 302 g/mol. The van der Waals surface area contributed by atoms with Crippen LogP contribution in [0, 0.1) is 6.92 Å². The highest BCUT2D eigenvalue weighted by Gasteiger charge is 2.17. The maximum Gasteiger partial charge on any atom is 0.270 e. The van der Waals surface area contributed by atoms with Gasteiger partial charge in [0.1, 0.15) is 4.88 Å². The minimum atomic E-state index is -0.248. The summed E-state index contributed by atoms with van der Waals surface area (Å²) in [4.78, 5) is 21.5. The molecule has 0 saturated heterocycles. The van der Waals surface area contributed by atoms with Gasteiger partial charge in [0.2, 0.25) is 5.95 Å². The van der Waals surface area contributed by atoms with E-state index in [2.05, 4.69) is 32.4 Å². The zero-order valence-corrected chi connectivity index (χ0v) is 13.0.